The van der Waals surface area contributed by atoms with Crippen LogP contribution in [0, 0.1) is 0 Å². The number of alkyl halides is 1. The maximum absolute atomic E-state index is 11.6. The summed E-state index contributed by atoms with van der Waals surface area (Å²) < 4.78 is 0. The molecule has 2 rings (SSSR count). The number of amides is 1. The Hall–Kier alpha value is -2.27. The summed E-state index contributed by atoms with van der Waals surface area (Å²) in [7, 11) is 0. The number of nitrogens with zero attached hydrogens (tertiary/aromatic N) is 3. The van der Waals surface area contributed by atoms with Gasteiger partial charge in [0.1, 0.15) is 5.88 Å². The molecule has 0 radical (unpaired) electrons. The molecule has 0 aromatic heterocycles. The number of benzene rings is 1. The van der Waals surface area contributed by atoms with Crippen LogP contribution < -0.4 is 10.6 Å². The van der Waals surface area contributed by atoms with Crippen LogP contribution in [0.5, 0.6) is 0 Å². The molecule has 23 heavy (non-hydrogen) atoms. The van der Waals surface area contributed by atoms with E-state index in [0.29, 0.717) is 18.8 Å². The number of anilines is 1. The number of nitrogens with two attached hydrogens (primary N) is 1. The Labute approximate surface area is 141 Å². The van der Waals surface area contributed by atoms with Gasteiger partial charge in [-0.2, -0.15) is 0 Å². The molecule has 1 aliphatic rings. The Morgan fingerprint density at radius 3 is 2.48 bits per heavy atom. The minimum Gasteiger partial charge on any atom is -0.405 e. The number of piperazine rings is 1. The van der Waals surface area contributed by atoms with E-state index in [1.807, 2.05) is 24.3 Å². The maximum atomic E-state index is 11.6. The van der Waals surface area contributed by atoms with E-state index in [9.17, 15) is 4.79 Å². The predicted molar refractivity (Wildman–Crippen MR) is 96.8 cm³/mol. The van der Waals surface area contributed by atoms with E-state index in [4.69, 9.17) is 17.3 Å². The average Bonchev–Trinajstić information content (AvgIpc) is 2.61. The van der Waals surface area contributed by atoms with Crippen LogP contribution >= 0.6 is 11.6 Å². The van der Waals surface area contributed by atoms with Crippen molar-refractivity contribution >= 4 is 35.1 Å². The number of aliphatic imine (C=N–C) groups is 1. The Morgan fingerprint density at radius 1 is 1.26 bits per heavy atom. The summed E-state index contributed by atoms with van der Waals surface area (Å²) in [6.07, 6.45) is 4.69. The smallest absolute Gasteiger partial charge is 0.237 e. The second kappa shape index (κ2) is 8.39. The largest absolute Gasteiger partial charge is 0.405 e. The second-order valence-electron chi connectivity index (χ2n) is 5.16. The molecule has 0 bridgehead atoms. The second-order valence-corrected chi connectivity index (χ2v) is 5.43. The lowest BCUT2D eigenvalue weighted by molar-refractivity contribution is -0.128. The lowest BCUT2D eigenvalue weighted by Crippen LogP contribution is -2.49. The van der Waals surface area contributed by atoms with Crippen molar-refractivity contribution in [3.05, 3.63) is 48.7 Å². The van der Waals surface area contributed by atoms with Crippen molar-refractivity contribution in [2.75, 3.05) is 37.0 Å². The van der Waals surface area contributed by atoms with Gasteiger partial charge in [-0.3, -0.25) is 9.79 Å². The zero-order valence-corrected chi connectivity index (χ0v) is 13.7. The Morgan fingerprint density at radius 2 is 1.91 bits per heavy atom. The first kappa shape index (κ1) is 17.1. The number of carbonyl (C=O) groups excluding carboxylic acids is 1. The molecule has 122 valence electrons. The number of hydrogen-bond donors (Lipinski definition) is 1. The van der Waals surface area contributed by atoms with Gasteiger partial charge in [-0.1, -0.05) is 18.7 Å². The number of hydrogen-bond acceptors (Lipinski definition) is 4. The van der Waals surface area contributed by atoms with Gasteiger partial charge in [0.05, 0.1) is 5.70 Å². The molecule has 1 aromatic rings. The molecule has 0 unspecified atom stereocenters. The minimum absolute atomic E-state index is 0.00218. The van der Waals surface area contributed by atoms with Crippen LogP contribution in [-0.2, 0) is 4.79 Å². The third-order valence-corrected chi connectivity index (χ3v) is 3.97. The molecule has 0 saturated carbocycles. The van der Waals surface area contributed by atoms with Gasteiger partial charge in [-0.15, -0.1) is 11.6 Å². The van der Waals surface area contributed by atoms with Crippen LogP contribution in [0.1, 0.15) is 5.56 Å². The Balaban J connectivity index is 1.95. The summed E-state index contributed by atoms with van der Waals surface area (Å²) in [5, 5.41) is 0. The highest BCUT2D eigenvalue weighted by Gasteiger charge is 2.20. The third-order valence-electron chi connectivity index (χ3n) is 3.74. The maximum Gasteiger partial charge on any atom is 0.237 e. The molecule has 1 heterocycles. The summed E-state index contributed by atoms with van der Waals surface area (Å²) in [6, 6.07) is 8.09. The van der Waals surface area contributed by atoms with Crippen molar-refractivity contribution in [3.63, 3.8) is 0 Å². The van der Waals surface area contributed by atoms with Gasteiger partial charge >= 0.3 is 0 Å². The summed E-state index contributed by atoms with van der Waals surface area (Å²) in [4.78, 5) is 19.8. The van der Waals surface area contributed by atoms with E-state index in [2.05, 4.69) is 16.5 Å². The standard InChI is InChI=1S/C17H21ClN4O/c1-14(20-8-2-7-19)15-3-5-16(6-4-15)21-9-11-22(12-10-21)17(23)13-18/h2-8H,1,9-13,19H2/b7-2-,20-8?. The van der Waals surface area contributed by atoms with Gasteiger partial charge in [0, 0.05) is 38.1 Å². The zero-order valence-electron chi connectivity index (χ0n) is 13.0. The van der Waals surface area contributed by atoms with E-state index in [1.54, 1.807) is 17.2 Å². The molecular weight excluding hydrogens is 312 g/mol. The van der Waals surface area contributed by atoms with Gasteiger partial charge in [0.25, 0.3) is 0 Å². The predicted octanol–water partition coefficient (Wildman–Crippen LogP) is 2.09. The number of carbonyl (C=O) groups is 1. The molecule has 2 N–H and O–H groups in total. The van der Waals surface area contributed by atoms with Gasteiger partial charge in [-0.25, -0.2) is 0 Å². The molecular formula is C17H21ClN4O. The molecule has 0 spiro atoms. The van der Waals surface area contributed by atoms with Crippen molar-refractivity contribution < 1.29 is 4.79 Å². The molecule has 0 aliphatic carbocycles. The highest BCUT2D eigenvalue weighted by atomic mass is 35.5. The molecule has 1 fully saturated rings. The summed E-state index contributed by atoms with van der Waals surface area (Å²) in [6.45, 7) is 6.96. The van der Waals surface area contributed by atoms with Crippen LogP contribution in [0.2, 0.25) is 0 Å². The van der Waals surface area contributed by atoms with Crippen molar-refractivity contribution in [1.82, 2.24) is 4.90 Å². The van der Waals surface area contributed by atoms with E-state index in [0.717, 1.165) is 24.3 Å². The van der Waals surface area contributed by atoms with Crippen LogP contribution in [0.4, 0.5) is 5.69 Å². The quantitative estimate of drug-likeness (QED) is 0.663. The van der Waals surface area contributed by atoms with Crippen LogP contribution in [0.25, 0.3) is 5.70 Å². The molecule has 1 aromatic carbocycles. The van der Waals surface area contributed by atoms with Crippen LogP contribution in [0.3, 0.4) is 0 Å². The molecule has 6 heteroatoms. The van der Waals surface area contributed by atoms with E-state index in [-0.39, 0.29) is 11.8 Å². The fraction of sp³-hybridized carbons (Fsp3) is 0.294. The minimum atomic E-state index is 0.00218. The molecule has 5 nitrogen and oxygen atoms in total. The topological polar surface area (TPSA) is 61.9 Å². The van der Waals surface area contributed by atoms with Crippen molar-refractivity contribution in [1.29, 1.82) is 0 Å². The van der Waals surface area contributed by atoms with Gasteiger partial charge in [0.2, 0.25) is 5.91 Å². The molecule has 1 saturated heterocycles. The van der Waals surface area contributed by atoms with Crippen LogP contribution in [0.15, 0.2) is 48.1 Å². The molecule has 1 aliphatic heterocycles. The monoisotopic (exact) mass is 332 g/mol. The molecule has 1 amide bonds. The fourth-order valence-corrected chi connectivity index (χ4v) is 2.59. The molecule has 0 atom stereocenters. The first-order valence-electron chi connectivity index (χ1n) is 7.44. The van der Waals surface area contributed by atoms with Crippen molar-refractivity contribution in [2.24, 2.45) is 10.7 Å². The van der Waals surface area contributed by atoms with Crippen molar-refractivity contribution in [3.8, 4) is 0 Å². The average molecular weight is 333 g/mol. The van der Waals surface area contributed by atoms with E-state index >= 15 is 0 Å². The summed E-state index contributed by atoms with van der Waals surface area (Å²) in [5.41, 5.74) is 8.04. The van der Waals surface area contributed by atoms with E-state index < -0.39 is 0 Å². The SMILES string of the molecule is C=C(N=C/C=C\N)c1ccc(N2CCN(C(=O)CCl)CC2)cc1. The lowest BCUT2D eigenvalue weighted by atomic mass is 10.1. The first-order chi connectivity index (χ1) is 11.2. The Kier molecular flexibility index (Phi) is 6.23. The zero-order chi connectivity index (χ0) is 16.7. The van der Waals surface area contributed by atoms with Crippen molar-refractivity contribution in [2.45, 2.75) is 0 Å². The van der Waals surface area contributed by atoms with Crippen LogP contribution in [-0.4, -0.2) is 49.1 Å². The summed E-state index contributed by atoms with van der Waals surface area (Å²) >= 11 is 5.60. The van der Waals surface area contributed by atoms with Gasteiger partial charge < -0.3 is 15.5 Å². The fourth-order valence-electron chi connectivity index (χ4n) is 2.42. The van der Waals surface area contributed by atoms with Gasteiger partial charge in [0.15, 0.2) is 0 Å². The third kappa shape index (κ3) is 4.60. The summed E-state index contributed by atoms with van der Waals surface area (Å²) in [5.74, 6) is 0.0544. The first-order valence-corrected chi connectivity index (χ1v) is 7.98. The lowest BCUT2D eigenvalue weighted by Gasteiger charge is -2.36. The number of halogens is 1. The Bertz CT molecular complexity index is 602. The number of rotatable bonds is 5. The van der Waals surface area contributed by atoms with E-state index in [1.165, 1.54) is 6.20 Å². The highest BCUT2D eigenvalue weighted by Crippen LogP contribution is 2.21. The number of allylic oxidation sites excluding steroid dienone is 1. The van der Waals surface area contributed by atoms with Gasteiger partial charge in [-0.05, 0) is 30.0 Å². The normalized spacial score (nSPS) is 15.5. The highest BCUT2D eigenvalue weighted by molar-refractivity contribution is 6.27.